The highest BCUT2D eigenvalue weighted by Crippen LogP contribution is 2.34. The van der Waals surface area contributed by atoms with Crippen molar-refractivity contribution in [3.63, 3.8) is 0 Å². The van der Waals surface area contributed by atoms with Crippen LogP contribution in [0.15, 0.2) is 29.3 Å². The molecule has 0 aliphatic heterocycles. The lowest BCUT2D eigenvalue weighted by atomic mass is 9.97. The van der Waals surface area contributed by atoms with Crippen molar-refractivity contribution < 1.29 is 9.90 Å². The van der Waals surface area contributed by atoms with Crippen LogP contribution in [0.1, 0.15) is 23.3 Å². The summed E-state index contributed by atoms with van der Waals surface area (Å²) in [7, 11) is 0. The quantitative estimate of drug-likeness (QED) is 0.791. The van der Waals surface area contributed by atoms with Gasteiger partial charge in [-0.15, -0.1) is 11.3 Å². The second kappa shape index (κ2) is 5.83. The fourth-order valence-electron chi connectivity index (χ4n) is 3.24. The van der Waals surface area contributed by atoms with Crippen molar-refractivity contribution in [1.82, 2.24) is 14.5 Å². The van der Waals surface area contributed by atoms with Crippen LogP contribution in [0.3, 0.4) is 0 Å². The highest BCUT2D eigenvalue weighted by Gasteiger charge is 2.23. The molecule has 3 aromatic heterocycles. The number of aliphatic carboxylic acids is 1. The van der Waals surface area contributed by atoms with E-state index in [-0.39, 0.29) is 5.56 Å². The number of rotatable bonds is 3. The molecule has 3 aromatic rings. The Morgan fingerprint density at radius 1 is 1.33 bits per heavy atom. The van der Waals surface area contributed by atoms with Gasteiger partial charge in [0.25, 0.3) is 5.56 Å². The van der Waals surface area contributed by atoms with E-state index in [1.807, 2.05) is 0 Å². The normalized spacial score (nSPS) is 13.8. The lowest BCUT2D eigenvalue weighted by Gasteiger charge is -2.12. The van der Waals surface area contributed by atoms with Gasteiger partial charge in [-0.3, -0.25) is 19.1 Å². The third-order valence-corrected chi connectivity index (χ3v) is 5.47. The molecule has 1 aliphatic carbocycles. The van der Waals surface area contributed by atoms with Gasteiger partial charge in [0.1, 0.15) is 17.2 Å². The minimum atomic E-state index is -1.06. The van der Waals surface area contributed by atoms with Crippen LogP contribution >= 0.6 is 11.3 Å². The number of nitrogens with zero attached hydrogens (tertiary/aromatic N) is 3. The molecule has 0 saturated carbocycles. The number of pyridine rings is 1. The van der Waals surface area contributed by atoms with Crippen LogP contribution in [0, 0.1) is 0 Å². The number of hydrogen-bond donors (Lipinski definition) is 1. The molecule has 1 aliphatic rings. The summed E-state index contributed by atoms with van der Waals surface area (Å²) in [6.45, 7) is -0.406. The Kier molecular flexibility index (Phi) is 3.65. The predicted octanol–water partition coefficient (Wildman–Crippen LogP) is 2.48. The van der Waals surface area contributed by atoms with Gasteiger partial charge in [0.15, 0.2) is 0 Å². The van der Waals surface area contributed by atoms with Crippen LogP contribution in [0.4, 0.5) is 0 Å². The summed E-state index contributed by atoms with van der Waals surface area (Å²) >= 11 is 1.56. The van der Waals surface area contributed by atoms with Gasteiger partial charge in [0.05, 0.1) is 5.39 Å². The van der Waals surface area contributed by atoms with Crippen molar-refractivity contribution >= 4 is 27.5 Å². The van der Waals surface area contributed by atoms with E-state index in [0.717, 1.165) is 31.2 Å². The second-order valence-electron chi connectivity index (χ2n) is 5.85. The number of hydrogen-bond acceptors (Lipinski definition) is 5. The Balaban J connectivity index is 2.04. The summed E-state index contributed by atoms with van der Waals surface area (Å²) in [5.74, 6) is -0.700. The molecular formula is C17H15N3O3S. The van der Waals surface area contributed by atoms with E-state index in [2.05, 4.69) is 9.97 Å². The molecule has 122 valence electrons. The molecular weight excluding hydrogens is 326 g/mol. The van der Waals surface area contributed by atoms with Crippen molar-refractivity contribution in [2.24, 2.45) is 0 Å². The molecule has 0 fully saturated rings. The van der Waals surface area contributed by atoms with E-state index >= 15 is 0 Å². The van der Waals surface area contributed by atoms with E-state index in [4.69, 9.17) is 0 Å². The maximum absolute atomic E-state index is 13.0. The van der Waals surface area contributed by atoms with Crippen molar-refractivity contribution in [1.29, 1.82) is 0 Å². The summed E-state index contributed by atoms with van der Waals surface area (Å²) in [6, 6.07) is 3.53. The summed E-state index contributed by atoms with van der Waals surface area (Å²) in [5, 5.41) is 9.82. The largest absolute Gasteiger partial charge is 0.480 e. The molecule has 7 heteroatoms. The van der Waals surface area contributed by atoms with Gasteiger partial charge in [-0.05, 0) is 43.4 Å². The molecule has 0 spiro atoms. The van der Waals surface area contributed by atoms with Gasteiger partial charge in [0, 0.05) is 22.8 Å². The van der Waals surface area contributed by atoms with Crippen LogP contribution in [0.25, 0.3) is 21.6 Å². The number of thiophene rings is 1. The maximum Gasteiger partial charge on any atom is 0.323 e. The van der Waals surface area contributed by atoms with Crippen LogP contribution in [-0.4, -0.2) is 25.6 Å². The van der Waals surface area contributed by atoms with E-state index in [9.17, 15) is 14.7 Å². The smallest absolute Gasteiger partial charge is 0.323 e. The minimum absolute atomic E-state index is 0.263. The molecule has 0 aromatic carbocycles. The summed E-state index contributed by atoms with van der Waals surface area (Å²) in [5.41, 5.74) is 1.44. The zero-order chi connectivity index (χ0) is 16.7. The zero-order valence-electron chi connectivity index (χ0n) is 12.9. The van der Waals surface area contributed by atoms with E-state index in [1.54, 1.807) is 35.9 Å². The van der Waals surface area contributed by atoms with Gasteiger partial charge in [-0.25, -0.2) is 4.98 Å². The molecule has 0 radical (unpaired) electrons. The standard InChI is InChI=1S/C17H15N3O3S/c21-13(22)9-20-15(10-4-3-7-18-8-10)19-16-14(17(20)23)11-5-1-2-6-12(11)24-16/h3-4,7-8H,1-2,5-6,9H2,(H,21,22). The fourth-order valence-corrected chi connectivity index (χ4v) is 4.49. The first-order valence-electron chi connectivity index (χ1n) is 7.82. The van der Waals surface area contributed by atoms with Gasteiger partial charge in [-0.1, -0.05) is 0 Å². The SMILES string of the molecule is O=C(O)Cn1c(-c2cccnc2)nc2sc3c(c2c1=O)CCCC3. The number of carboxylic acids is 1. The summed E-state index contributed by atoms with van der Waals surface area (Å²) in [6.07, 6.45) is 7.24. The monoisotopic (exact) mass is 341 g/mol. The first-order chi connectivity index (χ1) is 11.6. The number of carbonyl (C=O) groups is 1. The van der Waals surface area contributed by atoms with Gasteiger partial charge >= 0.3 is 5.97 Å². The Morgan fingerprint density at radius 2 is 2.17 bits per heavy atom. The molecule has 0 unspecified atom stereocenters. The number of carboxylic acid groups (broad SMARTS) is 1. The van der Waals surface area contributed by atoms with Crippen LogP contribution in [0.5, 0.6) is 0 Å². The topological polar surface area (TPSA) is 85.1 Å². The highest BCUT2D eigenvalue weighted by atomic mass is 32.1. The van der Waals surface area contributed by atoms with Crippen LogP contribution in [-0.2, 0) is 24.2 Å². The predicted molar refractivity (Wildman–Crippen MR) is 91.4 cm³/mol. The van der Waals surface area contributed by atoms with Crippen molar-refractivity contribution in [3.05, 3.63) is 45.3 Å². The number of aromatic nitrogens is 3. The van der Waals surface area contributed by atoms with E-state index in [1.165, 1.54) is 9.44 Å². The maximum atomic E-state index is 13.0. The van der Waals surface area contributed by atoms with E-state index in [0.29, 0.717) is 21.6 Å². The average molecular weight is 341 g/mol. The highest BCUT2D eigenvalue weighted by molar-refractivity contribution is 7.18. The van der Waals surface area contributed by atoms with Crippen molar-refractivity contribution in [3.8, 4) is 11.4 Å². The van der Waals surface area contributed by atoms with E-state index < -0.39 is 12.5 Å². The molecule has 0 bridgehead atoms. The fraction of sp³-hybridized carbons (Fsp3) is 0.294. The zero-order valence-corrected chi connectivity index (χ0v) is 13.7. The molecule has 3 heterocycles. The average Bonchev–Trinajstić information content (AvgIpc) is 2.96. The lowest BCUT2D eigenvalue weighted by Crippen LogP contribution is -2.27. The first kappa shape index (κ1) is 15.0. The molecule has 0 saturated heterocycles. The van der Waals surface area contributed by atoms with Gasteiger partial charge < -0.3 is 5.11 Å². The molecule has 0 amide bonds. The van der Waals surface area contributed by atoms with Gasteiger partial charge in [0.2, 0.25) is 0 Å². The third-order valence-electron chi connectivity index (χ3n) is 4.29. The molecule has 6 nitrogen and oxygen atoms in total. The Hall–Kier alpha value is -2.54. The second-order valence-corrected chi connectivity index (χ2v) is 6.94. The molecule has 4 rings (SSSR count). The van der Waals surface area contributed by atoms with Crippen LogP contribution in [0.2, 0.25) is 0 Å². The lowest BCUT2D eigenvalue weighted by molar-refractivity contribution is -0.137. The molecule has 24 heavy (non-hydrogen) atoms. The van der Waals surface area contributed by atoms with Crippen LogP contribution < -0.4 is 5.56 Å². The Bertz CT molecular complexity index is 992. The molecule has 1 N–H and O–H groups in total. The van der Waals surface area contributed by atoms with Gasteiger partial charge in [-0.2, -0.15) is 0 Å². The number of fused-ring (bicyclic) bond motifs is 3. The minimum Gasteiger partial charge on any atom is -0.480 e. The summed E-state index contributed by atoms with van der Waals surface area (Å²) < 4.78 is 1.25. The first-order valence-corrected chi connectivity index (χ1v) is 8.64. The van der Waals surface area contributed by atoms with Crippen molar-refractivity contribution in [2.45, 2.75) is 32.2 Å². The third kappa shape index (κ3) is 2.41. The van der Waals surface area contributed by atoms with Crippen molar-refractivity contribution in [2.75, 3.05) is 0 Å². The number of aryl methyl sites for hydroxylation is 2. The Labute approximate surface area is 141 Å². The summed E-state index contributed by atoms with van der Waals surface area (Å²) in [4.78, 5) is 34.9. The Morgan fingerprint density at radius 3 is 2.92 bits per heavy atom. The molecule has 0 atom stereocenters.